The van der Waals surface area contributed by atoms with E-state index in [1.54, 1.807) is 24.0 Å². The van der Waals surface area contributed by atoms with Crippen molar-refractivity contribution < 1.29 is 13.9 Å². The van der Waals surface area contributed by atoms with Crippen molar-refractivity contribution in [3.8, 4) is 0 Å². The van der Waals surface area contributed by atoms with Gasteiger partial charge in [-0.2, -0.15) is 0 Å². The van der Waals surface area contributed by atoms with Gasteiger partial charge in [0.1, 0.15) is 29.4 Å². The standard InChI is InChI=1S/C23H31FN6O2/c1-14-6-7-18(17(24)12-14)29-21-19(15(2)25)20(26-13-27-21)28-16-8-10-30(11-9-16)22(31)32-23(3,4)5/h6-7,12-13,16,25H,8-11H2,1-5H3,(H2,26,27,28,29). The second-order valence-corrected chi connectivity index (χ2v) is 9.07. The fraction of sp³-hybridized carbons (Fsp3) is 0.478. The molecular weight excluding hydrogens is 411 g/mol. The number of carbonyl (C=O) groups is 1. The van der Waals surface area contributed by atoms with Crippen LogP contribution in [0.1, 0.15) is 51.7 Å². The maximum atomic E-state index is 14.3. The Morgan fingerprint density at radius 1 is 1.22 bits per heavy atom. The van der Waals surface area contributed by atoms with Crippen molar-refractivity contribution in [3.63, 3.8) is 0 Å². The van der Waals surface area contributed by atoms with Gasteiger partial charge in [0.25, 0.3) is 0 Å². The van der Waals surface area contributed by atoms with Crippen molar-refractivity contribution in [2.75, 3.05) is 23.7 Å². The highest BCUT2D eigenvalue weighted by atomic mass is 19.1. The number of aromatic nitrogens is 2. The Morgan fingerprint density at radius 2 is 1.88 bits per heavy atom. The van der Waals surface area contributed by atoms with E-state index in [0.717, 1.165) is 18.4 Å². The normalized spacial score (nSPS) is 14.8. The van der Waals surface area contributed by atoms with Gasteiger partial charge in [-0.25, -0.2) is 19.2 Å². The molecule has 172 valence electrons. The number of hydrogen-bond acceptors (Lipinski definition) is 7. The molecule has 0 saturated carbocycles. The summed E-state index contributed by atoms with van der Waals surface area (Å²) < 4.78 is 19.8. The van der Waals surface area contributed by atoms with Crippen LogP contribution < -0.4 is 10.6 Å². The van der Waals surface area contributed by atoms with Crippen LogP contribution in [-0.4, -0.2) is 51.4 Å². The Bertz CT molecular complexity index is 996. The van der Waals surface area contributed by atoms with E-state index in [-0.39, 0.29) is 29.4 Å². The number of nitrogens with one attached hydrogen (secondary N) is 3. The third-order valence-electron chi connectivity index (χ3n) is 5.09. The smallest absolute Gasteiger partial charge is 0.410 e. The fourth-order valence-electron chi connectivity index (χ4n) is 3.52. The number of piperidine rings is 1. The van der Waals surface area contributed by atoms with Gasteiger partial charge in [-0.05, 0) is 65.2 Å². The lowest BCUT2D eigenvalue weighted by Gasteiger charge is -2.34. The summed E-state index contributed by atoms with van der Waals surface area (Å²) in [6.45, 7) is 10.1. The molecule has 0 spiro atoms. The van der Waals surface area contributed by atoms with E-state index < -0.39 is 5.60 Å². The van der Waals surface area contributed by atoms with E-state index in [1.807, 2.05) is 27.7 Å². The van der Waals surface area contributed by atoms with Gasteiger partial charge < -0.3 is 25.7 Å². The molecule has 1 aromatic heterocycles. The number of hydrogen-bond donors (Lipinski definition) is 3. The lowest BCUT2D eigenvalue weighted by Crippen LogP contribution is -2.44. The number of likely N-dealkylation sites (tertiary alicyclic amines) is 1. The Morgan fingerprint density at radius 3 is 2.47 bits per heavy atom. The van der Waals surface area contributed by atoms with Gasteiger partial charge in [0.15, 0.2) is 0 Å². The first-order valence-corrected chi connectivity index (χ1v) is 10.7. The molecule has 8 nitrogen and oxygen atoms in total. The fourth-order valence-corrected chi connectivity index (χ4v) is 3.52. The number of amides is 1. The summed E-state index contributed by atoms with van der Waals surface area (Å²) in [5, 5.41) is 14.6. The van der Waals surface area contributed by atoms with Gasteiger partial charge in [0.2, 0.25) is 0 Å². The first-order valence-electron chi connectivity index (χ1n) is 10.7. The molecule has 1 amide bonds. The van der Waals surface area contributed by atoms with Crippen LogP contribution in [0.2, 0.25) is 0 Å². The number of nitrogens with zero attached hydrogens (tertiary/aromatic N) is 3. The number of aryl methyl sites for hydroxylation is 1. The monoisotopic (exact) mass is 442 g/mol. The van der Waals surface area contributed by atoms with Crippen molar-refractivity contribution in [1.29, 1.82) is 5.41 Å². The van der Waals surface area contributed by atoms with Crippen LogP contribution >= 0.6 is 0 Å². The van der Waals surface area contributed by atoms with Crippen molar-refractivity contribution in [2.45, 2.75) is 59.1 Å². The molecule has 3 N–H and O–H groups in total. The van der Waals surface area contributed by atoms with Crippen LogP contribution in [0.5, 0.6) is 0 Å². The summed E-state index contributed by atoms with van der Waals surface area (Å²) in [6, 6.07) is 4.97. The van der Waals surface area contributed by atoms with Crippen LogP contribution in [0, 0.1) is 18.2 Å². The van der Waals surface area contributed by atoms with E-state index in [2.05, 4.69) is 20.6 Å². The van der Waals surface area contributed by atoms with Crippen molar-refractivity contribution in [3.05, 3.63) is 41.5 Å². The molecule has 1 aliphatic heterocycles. The van der Waals surface area contributed by atoms with Gasteiger partial charge in [0.05, 0.1) is 11.3 Å². The molecule has 32 heavy (non-hydrogen) atoms. The van der Waals surface area contributed by atoms with Gasteiger partial charge >= 0.3 is 6.09 Å². The summed E-state index contributed by atoms with van der Waals surface area (Å²) in [4.78, 5) is 22.6. The Balaban J connectivity index is 1.72. The Kier molecular flexibility index (Phi) is 6.96. The largest absolute Gasteiger partial charge is 0.444 e. The molecule has 0 bridgehead atoms. The summed E-state index contributed by atoms with van der Waals surface area (Å²) in [6.07, 6.45) is 2.52. The summed E-state index contributed by atoms with van der Waals surface area (Å²) >= 11 is 0. The van der Waals surface area contributed by atoms with E-state index in [4.69, 9.17) is 10.1 Å². The molecular formula is C23H31FN6O2. The van der Waals surface area contributed by atoms with E-state index in [1.165, 1.54) is 12.4 Å². The minimum Gasteiger partial charge on any atom is -0.444 e. The van der Waals surface area contributed by atoms with E-state index >= 15 is 0 Å². The van der Waals surface area contributed by atoms with E-state index in [9.17, 15) is 9.18 Å². The Hall–Kier alpha value is -3.23. The molecule has 1 fully saturated rings. The molecule has 9 heteroatoms. The predicted molar refractivity (Wildman–Crippen MR) is 123 cm³/mol. The third-order valence-corrected chi connectivity index (χ3v) is 5.09. The van der Waals surface area contributed by atoms with Crippen molar-refractivity contribution >= 4 is 29.1 Å². The van der Waals surface area contributed by atoms with Crippen LogP contribution in [0.25, 0.3) is 0 Å². The maximum Gasteiger partial charge on any atom is 0.410 e. The zero-order chi connectivity index (χ0) is 23.5. The average Bonchev–Trinajstić information content (AvgIpc) is 2.69. The highest BCUT2D eigenvalue weighted by Gasteiger charge is 2.27. The van der Waals surface area contributed by atoms with Crippen LogP contribution in [-0.2, 0) is 4.74 Å². The summed E-state index contributed by atoms with van der Waals surface area (Å²) in [5.74, 6) is 0.489. The minimum atomic E-state index is -0.524. The topological polar surface area (TPSA) is 103 Å². The second kappa shape index (κ2) is 9.50. The zero-order valence-electron chi connectivity index (χ0n) is 19.3. The summed E-state index contributed by atoms with van der Waals surface area (Å²) in [7, 11) is 0. The van der Waals surface area contributed by atoms with Crippen LogP contribution in [0.3, 0.4) is 0 Å². The first-order chi connectivity index (χ1) is 15.0. The molecule has 0 atom stereocenters. The lowest BCUT2D eigenvalue weighted by atomic mass is 10.0. The first kappa shape index (κ1) is 23.4. The Labute approximate surface area is 188 Å². The van der Waals surface area contributed by atoms with Crippen LogP contribution in [0.4, 0.5) is 26.5 Å². The quantitative estimate of drug-likeness (QED) is 0.571. The maximum absolute atomic E-state index is 14.3. The number of carbonyl (C=O) groups excluding carboxylic acids is 1. The molecule has 2 heterocycles. The highest BCUT2D eigenvalue weighted by Crippen LogP contribution is 2.27. The number of benzene rings is 1. The third kappa shape index (κ3) is 5.93. The number of rotatable bonds is 5. The predicted octanol–water partition coefficient (Wildman–Crippen LogP) is 4.87. The summed E-state index contributed by atoms with van der Waals surface area (Å²) in [5.41, 5.74) is 1.33. The lowest BCUT2D eigenvalue weighted by molar-refractivity contribution is 0.0210. The molecule has 1 aromatic carbocycles. The number of anilines is 3. The van der Waals surface area contributed by atoms with Crippen molar-refractivity contribution in [2.24, 2.45) is 0 Å². The molecule has 0 radical (unpaired) electrons. The molecule has 1 saturated heterocycles. The minimum absolute atomic E-state index is 0.0747. The van der Waals surface area contributed by atoms with Gasteiger partial charge in [-0.15, -0.1) is 0 Å². The number of ether oxygens (including phenoxy) is 1. The molecule has 0 aliphatic carbocycles. The molecule has 3 rings (SSSR count). The van der Waals surface area contributed by atoms with Gasteiger partial charge in [-0.1, -0.05) is 6.07 Å². The second-order valence-electron chi connectivity index (χ2n) is 9.07. The zero-order valence-corrected chi connectivity index (χ0v) is 19.3. The molecule has 0 unspecified atom stereocenters. The van der Waals surface area contributed by atoms with Crippen LogP contribution in [0.15, 0.2) is 24.5 Å². The molecule has 1 aliphatic rings. The van der Waals surface area contributed by atoms with Gasteiger partial charge in [0, 0.05) is 24.8 Å². The average molecular weight is 443 g/mol. The SMILES string of the molecule is CC(=N)c1c(Nc2ccc(C)cc2F)ncnc1NC1CCN(C(=O)OC(C)(C)C)CC1. The van der Waals surface area contributed by atoms with E-state index in [0.29, 0.717) is 30.3 Å². The van der Waals surface area contributed by atoms with Gasteiger partial charge in [-0.3, -0.25) is 0 Å². The number of halogens is 1. The van der Waals surface area contributed by atoms with Crippen molar-refractivity contribution in [1.82, 2.24) is 14.9 Å². The molecule has 2 aromatic rings. The highest BCUT2D eigenvalue weighted by molar-refractivity contribution is 6.05.